The Morgan fingerprint density at radius 2 is 1.68 bits per heavy atom. The lowest BCUT2D eigenvalue weighted by Gasteiger charge is -2.09. The summed E-state index contributed by atoms with van der Waals surface area (Å²) in [6, 6.07) is 11.5. The van der Waals surface area contributed by atoms with Crippen molar-refractivity contribution in [2.24, 2.45) is 10.3 Å². The number of nitro benzene ring substituents is 1. The average Bonchev–Trinajstić information content (AvgIpc) is 2.60. The van der Waals surface area contributed by atoms with Crippen molar-refractivity contribution < 1.29 is 19.2 Å². The van der Waals surface area contributed by atoms with Crippen molar-refractivity contribution in [1.29, 1.82) is 0 Å². The number of hydrogen-bond donors (Lipinski definition) is 0. The number of non-ortho nitro benzene ring substituents is 1. The Hall–Kier alpha value is -3.62. The molecule has 2 rings (SSSR count). The third-order valence-electron chi connectivity index (χ3n) is 3.09. The van der Waals surface area contributed by atoms with Crippen LogP contribution < -0.4 is 4.74 Å². The Morgan fingerprint density at radius 1 is 1.08 bits per heavy atom. The zero-order chi connectivity index (χ0) is 18.4. The van der Waals surface area contributed by atoms with Crippen molar-refractivity contribution >= 4 is 23.3 Å². The highest BCUT2D eigenvalue weighted by Crippen LogP contribution is 2.18. The van der Waals surface area contributed by atoms with Crippen molar-refractivity contribution in [1.82, 2.24) is 5.01 Å². The van der Waals surface area contributed by atoms with E-state index in [1.54, 1.807) is 24.3 Å². The highest BCUT2D eigenvalue weighted by atomic mass is 16.6. The molecule has 0 fully saturated rings. The Bertz CT molecular complexity index is 815. The number of ether oxygens (including phenoxy) is 1. The Morgan fingerprint density at radius 3 is 2.20 bits per heavy atom. The van der Waals surface area contributed by atoms with E-state index in [0.29, 0.717) is 11.3 Å². The summed E-state index contributed by atoms with van der Waals surface area (Å²) in [4.78, 5) is 33.1. The van der Waals surface area contributed by atoms with E-state index >= 15 is 0 Å². The highest BCUT2D eigenvalue weighted by molar-refractivity contribution is 5.94. The lowest BCUT2D eigenvalue weighted by molar-refractivity contribution is -0.384. The van der Waals surface area contributed by atoms with Gasteiger partial charge in [0.2, 0.25) is 0 Å². The van der Waals surface area contributed by atoms with Crippen LogP contribution in [0.5, 0.6) is 5.75 Å². The van der Waals surface area contributed by atoms with Gasteiger partial charge < -0.3 is 4.74 Å². The van der Waals surface area contributed by atoms with Gasteiger partial charge in [0.15, 0.2) is 5.78 Å². The minimum absolute atomic E-state index is 0.0627. The number of Topliss-reactive ketones (excluding diaryl/α,β-unsaturated/α-hetero) is 1. The van der Waals surface area contributed by atoms with Gasteiger partial charge in [-0.05, 0) is 43.3 Å². The molecule has 128 valence electrons. The van der Waals surface area contributed by atoms with Crippen molar-refractivity contribution in [2.45, 2.75) is 6.92 Å². The fourth-order valence-corrected chi connectivity index (χ4v) is 1.72. The molecular weight excluding hydrogens is 328 g/mol. The molecule has 2 aromatic rings. The molecular formula is C16H14N4O5. The van der Waals surface area contributed by atoms with Crippen LogP contribution >= 0.6 is 0 Å². The molecule has 0 radical (unpaired) electrons. The number of hydrogen-bond acceptors (Lipinski definition) is 7. The second-order valence-electron chi connectivity index (χ2n) is 4.94. The number of carbonyl (C=O) groups excluding carboxylic acids is 2. The van der Waals surface area contributed by atoms with Crippen LogP contribution in [0.2, 0.25) is 0 Å². The molecule has 9 nitrogen and oxygen atoms in total. The van der Waals surface area contributed by atoms with E-state index < -0.39 is 11.0 Å². The number of nitro groups is 1. The molecule has 0 atom stereocenters. The highest BCUT2D eigenvalue weighted by Gasteiger charge is 2.12. The number of rotatable bonds is 5. The smallest absolute Gasteiger partial charge is 0.409 e. The van der Waals surface area contributed by atoms with Gasteiger partial charge in [0.05, 0.1) is 10.6 Å². The van der Waals surface area contributed by atoms with E-state index in [2.05, 4.69) is 10.3 Å². The van der Waals surface area contributed by atoms with Crippen molar-refractivity contribution in [2.75, 3.05) is 7.05 Å². The van der Waals surface area contributed by atoms with Crippen molar-refractivity contribution in [3.63, 3.8) is 0 Å². The Balaban J connectivity index is 1.97. The number of nitrogens with zero attached hydrogens (tertiary/aromatic N) is 4. The summed E-state index contributed by atoms with van der Waals surface area (Å²) in [5.74, 6) is 0.0794. The maximum Gasteiger partial charge on any atom is 0.436 e. The quantitative estimate of drug-likeness (QED) is 0.353. The van der Waals surface area contributed by atoms with Crippen LogP contribution in [-0.2, 0) is 0 Å². The van der Waals surface area contributed by atoms with E-state index in [4.69, 9.17) is 4.74 Å². The second-order valence-corrected chi connectivity index (χ2v) is 4.94. The third-order valence-corrected chi connectivity index (χ3v) is 3.09. The molecule has 1 amide bonds. The van der Waals surface area contributed by atoms with E-state index in [0.717, 1.165) is 5.01 Å². The fourth-order valence-electron chi connectivity index (χ4n) is 1.72. The van der Waals surface area contributed by atoms with Crippen molar-refractivity contribution in [3.8, 4) is 5.75 Å². The monoisotopic (exact) mass is 342 g/mol. The van der Waals surface area contributed by atoms with Crippen LogP contribution in [0.1, 0.15) is 17.3 Å². The molecule has 0 aromatic heterocycles. The molecule has 0 heterocycles. The summed E-state index contributed by atoms with van der Waals surface area (Å²) in [7, 11) is 1.35. The maximum atomic E-state index is 11.9. The first kappa shape index (κ1) is 17.7. The van der Waals surface area contributed by atoms with E-state index in [1.165, 1.54) is 38.2 Å². The minimum Gasteiger partial charge on any atom is -0.409 e. The van der Waals surface area contributed by atoms with Gasteiger partial charge in [-0.15, -0.1) is 5.11 Å². The summed E-state index contributed by atoms with van der Waals surface area (Å²) in [6.45, 7) is 1.46. The van der Waals surface area contributed by atoms with Gasteiger partial charge in [-0.1, -0.05) is 5.22 Å². The van der Waals surface area contributed by atoms with Gasteiger partial charge in [0.25, 0.3) is 5.69 Å². The van der Waals surface area contributed by atoms with Gasteiger partial charge >= 0.3 is 6.09 Å². The van der Waals surface area contributed by atoms with Gasteiger partial charge in [-0.3, -0.25) is 14.9 Å². The summed E-state index contributed by atoms with van der Waals surface area (Å²) in [5, 5.41) is 19.0. The summed E-state index contributed by atoms with van der Waals surface area (Å²) in [5.41, 5.74) is 0.895. The summed E-state index contributed by atoms with van der Waals surface area (Å²) in [6.07, 6.45) is -0.807. The zero-order valence-electron chi connectivity index (χ0n) is 13.4. The summed E-state index contributed by atoms with van der Waals surface area (Å²) >= 11 is 0. The average molecular weight is 342 g/mol. The van der Waals surface area contributed by atoms with Crippen LogP contribution in [0.15, 0.2) is 58.9 Å². The molecule has 25 heavy (non-hydrogen) atoms. The molecule has 0 saturated heterocycles. The lowest BCUT2D eigenvalue weighted by atomic mass is 10.1. The standard InChI is InChI=1S/C16H14N4O5/c1-11(21)12-3-5-13(6-4-12)17-18-19(2)16(22)25-15-9-7-14(8-10-15)20(23)24/h3-10H,1-2H3. The normalized spacial score (nSPS) is 10.5. The maximum absolute atomic E-state index is 11.9. The van der Waals surface area contributed by atoms with Crippen LogP contribution in [0.4, 0.5) is 16.2 Å². The molecule has 0 spiro atoms. The van der Waals surface area contributed by atoms with Crippen LogP contribution in [-0.4, -0.2) is 28.9 Å². The van der Waals surface area contributed by atoms with E-state index in [9.17, 15) is 19.7 Å². The van der Waals surface area contributed by atoms with Crippen LogP contribution in [0.3, 0.4) is 0 Å². The van der Waals surface area contributed by atoms with Crippen molar-refractivity contribution in [3.05, 3.63) is 64.2 Å². The predicted molar refractivity (Wildman–Crippen MR) is 87.8 cm³/mol. The predicted octanol–water partition coefficient (Wildman–Crippen LogP) is 3.93. The molecule has 0 saturated carbocycles. The lowest BCUT2D eigenvalue weighted by Crippen LogP contribution is -2.24. The molecule has 0 aliphatic carbocycles. The largest absolute Gasteiger partial charge is 0.436 e. The third kappa shape index (κ3) is 4.93. The zero-order valence-corrected chi connectivity index (χ0v) is 13.4. The first-order valence-corrected chi connectivity index (χ1v) is 7.09. The molecule has 0 aliphatic rings. The molecule has 9 heteroatoms. The Labute approximate surface area is 142 Å². The van der Waals surface area contributed by atoms with E-state index in [1.807, 2.05) is 0 Å². The van der Waals surface area contributed by atoms with Crippen LogP contribution in [0.25, 0.3) is 0 Å². The number of amides is 1. The summed E-state index contributed by atoms with van der Waals surface area (Å²) < 4.78 is 5.02. The van der Waals surface area contributed by atoms with Gasteiger partial charge in [-0.2, -0.15) is 5.01 Å². The molecule has 0 bridgehead atoms. The van der Waals surface area contributed by atoms with Gasteiger partial charge in [0.1, 0.15) is 5.75 Å². The minimum atomic E-state index is -0.807. The first-order valence-electron chi connectivity index (χ1n) is 7.09. The van der Waals surface area contributed by atoms with Gasteiger partial charge in [0, 0.05) is 24.7 Å². The second kappa shape index (κ2) is 7.77. The molecule has 2 aromatic carbocycles. The van der Waals surface area contributed by atoms with Gasteiger partial charge in [-0.25, -0.2) is 4.79 Å². The number of ketones is 1. The molecule has 0 N–H and O–H groups in total. The molecule has 0 unspecified atom stereocenters. The molecule has 0 aliphatic heterocycles. The fraction of sp³-hybridized carbons (Fsp3) is 0.125. The number of carbonyl (C=O) groups is 2. The Kier molecular flexibility index (Phi) is 5.51. The topological polar surface area (TPSA) is 114 Å². The van der Waals surface area contributed by atoms with E-state index in [-0.39, 0.29) is 17.2 Å². The first-order chi connectivity index (χ1) is 11.9. The van der Waals surface area contributed by atoms with Crippen LogP contribution in [0, 0.1) is 10.1 Å². The number of benzene rings is 2. The SMILES string of the molecule is CC(=O)c1ccc(N=NN(C)C(=O)Oc2ccc([N+](=O)[O-])cc2)cc1.